The monoisotopic (exact) mass is 252 g/mol. The summed E-state index contributed by atoms with van der Waals surface area (Å²) >= 11 is 3.30. The zero-order valence-electron chi connectivity index (χ0n) is 8.90. The molecule has 0 atom stereocenters. The van der Waals surface area contributed by atoms with Crippen LogP contribution in [0.5, 0.6) is 0 Å². The Morgan fingerprint density at radius 2 is 2.44 bits per heavy atom. The Morgan fingerprint density at radius 3 is 3.25 bits per heavy atom. The Morgan fingerprint density at radius 1 is 1.56 bits per heavy atom. The lowest BCUT2D eigenvalue weighted by atomic mass is 10.2. The number of carbonyl (C=O) groups is 1. The molecule has 1 amide bonds. The molecule has 2 rings (SSSR count). The van der Waals surface area contributed by atoms with E-state index in [9.17, 15) is 4.79 Å². The Labute approximate surface area is 102 Å². The van der Waals surface area contributed by atoms with E-state index in [1.165, 1.54) is 0 Å². The van der Waals surface area contributed by atoms with Gasteiger partial charge in [0.25, 0.3) is 5.91 Å². The largest absolute Gasteiger partial charge is 0.351 e. The van der Waals surface area contributed by atoms with E-state index < -0.39 is 0 Å². The molecule has 5 heteroatoms. The smallest absolute Gasteiger partial charge is 0.251 e. The number of nitrogens with one attached hydrogen (secondary N) is 1. The van der Waals surface area contributed by atoms with Crippen molar-refractivity contribution in [3.8, 4) is 0 Å². The van der Waals surface area contributed by atoms with Crippen molar-refractivity contribution in [2.75, 3.05) is 18.6 Å². The van der Waals surface area contributed by atoms with E-state index in [0.29, 0.717) is 12.1 Å². The van der Waals surface area contributed by atoms with Crippen molar-refractivity contribution in [3.05, 3.63) is 29.3 Å². The number of nitrogens with zero attached hydrogens (tertiary/aromatic N) is 1. The number of benzene rings is 1. The fourth-order valence-electron chi connectivity index (χ4n) is 1.37. The van der Waals surface area contributed by atoms with Crippen LogP contribution in [0.3, 0.4) is 0 Å². The standard InChI is InChI=1S/C11H12N2OS2/c1-15-5-4-12-11(14)8-2-3-10-9(6-8)13-7-16-10/h2-3,6-7H,4-5H2,1H3,(H,12,14). The van der Waals surface area contributed by atoms with Crippen molar-refractivity contribution < 1.29 is 4.79 Å². The van der Waals surface area contributed by atoms with Gasteiger partial charge in [0.05, 0.1) is 15.7 Å². The van der Waals surface area contributed by atoms with Gasteiger partial charge in [-0.15, -0.1) is 11.3 Å². The van der Waals surface area contributed by atoms with Crippen LogP contribution in [0.2, 0.25) is 0 Å². The highest BCUT2D eigenvalue weighted by Crippen LogP contribution is 2.18. The third-order valence-electron chi connectivity index (χ3n) is 2.18. The number of rotatable bonds is 4. The van der Waals surface area contributed by atoms with Gasteiger partial charge in [-0.05, 0) is 24.5 Å². The summed E-state index contributed by atoms with van der Waals surface area (Å²) in [5, 5.41) is 2.87. The predicted molar refractivity (Wildman–Crippen MR) is 70.3 cm³/mol. The molecular formula is C11H12N2OS2. The summed E-state index contributed by atoms with van der Waals surface area (Å²) in [7, 11) is 0. The molecule has 0 aliphatic carbocycles. The molecule has 3 nitrogen and oxygen atoms in total. The van der Waals surface area contributed by atoms with Crippen molar-refractivity contribution in [1.82, 2.24) is 10.3 Å². The zero-order valence-corrected chi connectivity index (χ0v) is 10.5. The van der Waals surface area contributed by atoms with Crippen molar-refractivity contribution in [1.29, 1.82) is 0 Å². The molecule has 0 unspecified atom stereocenters. The third kappa shape index (κ3) is 2.54. The number of thioether (sulfide) groups is 1. The molecule has 0 aliphatic rings. The molecule has 0 bridgehead atoms. The molecule has 0 spiro atoms. The molecule has 0 radical (unpaired) electrons. The van der Waals surface area contributed by atoms with E-state index in [-0.39, 0.29) is 5.91 Å². The van der Waals surface area contributed by atoms with E-state index in [4.69, 9.17) is 0 Å². The van der Waals surface area contributed by atoms with Gasteiger partial charge < -0.3 is 5.32 Å². The molecule has 1 aromatic carbocycles. The summed E-state index contributed by atoms with van der Waals surface area (Å²) in [5.74, 6) is 0.911. The Balaban J connectivity index is 2.10. The second-order valence-corrected chi connectivity index (χ2v) is 5.16. The zero-order chi connectivity index (χ0) is 11.4. The molecule has 1 heterocycles. The third-order valence-corrected chi connectivity index (χ3v) is 3.61. The van der Waals surface area contributed by atoms with Crippen LogP contribution < -0.4 is 5.32 Å². The van der Waals surface area contributed by atoms with Gasteiger partial charge in [-0.2, -0.15) is 11.8 Å². The molecule has 0 saturated carbocycles. The molecule has 1 aromatic heterocycles. The van der Waals surface area contributed by atoms with Gasteiger partial charge in [-0.1, -0.05) is 0 Å². The van der Waals surface area contributed by atoms with Crippen LogP contribution >= 0.6 is 23.1 Å². The number of hydrogen-bond acceptors (Lipinski definition) is 4. The summed E-state index contributed by atoms with van der Waals surface area (Å²) in [6.45, 7) is 0.703. The maximum absolute atomic E-state index is 11.7. The topological polar surface area (TPSA) is 42.0 Å². The summed E-state index contributed by atoms with van der Waals surface area (Å²) in [6, 6.07) is 5.62. The second kappa shape index (κ2) is 5.32. The van der Waals surface area contributed by atoms with Crippen LogP contribution in [-0.2, 0) is 0 Å². The normalized spacial score (nSPS) is 10.6. The van der Waals surface area contributed by atoms with E-state index in [2.05, 4.69) is 10.3 Å². The number of carbonyl (C=O) groups excluding carboxylic acids is 1. The first-order chi connectivity index (χ1) is 7.81. The van der Waals surface area contributed by atoms with Crippen LogP contribution in [0.15, 0.2) is 23.7 Å². The summed E-state index contributed by atoms with van der Waals surface area (Å²) in [4.78, 5) is 15.9. The highest BCUT2D eigenvalue weighted by atomic mass is 32.2. The average Bonchev–Trinajstić information content (AvgIpc) is 2.76. The van der Waals surface area contributed by atoms with Crippen LogP contribution in [0, 0.1) is 0 Å². The highest BCUT2D eigenvalue weighted by molar-refractivity contribution is 7.98. The fourth-order valence-corrected chi connectivity index (χ4v) is 2.33. The maximum atomic E-state index is 11.7. The Bertz CT molecular complexity index is 495. The van der Waals surface area contributed by atoms with Crippen LogP contribution in [0.4, 0.5) is 0 Å². The number of hydrogen-bond donors (Lipinski definition) is 1. The maximum Gasteiger partial charge on any atom is 0.251 e. The molecule has 16 heavy (non-hydrogen) atoms. The number of fused-ring (bicyclic) bond motifs is 1. The molecule has 0 fully saturated rings. The van der Waals surface area contributed by atoms with Gasteiger partial charge >= 0.3 is 0 Å². The highest BCUT2D eigenvalue weighted by Gasteiger charge is 2.06. The molecule has 2 aromatic rings. The van der Waals surface area contributed by atoms with Gasteiger partial charge in [0, 0.05) is 17.9 Å². The Hall–Kier alpha value is -1.07. The summed E-state index contributed by atoms with van der Waals surface area (Å²) < 4.78 is 1.11. The molecular weight excluding hydrogens is 240 g/mol. The van der Waals surface area contributed by atoms with Gasteiger partial charge in [0.15, 0.2) is 0 Å². The first kappa shape index (κ1) is 11.4. The molecule has 0 aliphatic heterocycles. The quantitative estimate of drug-likeness (QED) is 0.850. The first-order valence-corrected chi connectivity index (χ1v) is 7.19. The number of thiazole rings is 1. The summed E-state index contributed by atoms with van der Waals surface area (Å²) in [6.07, 6.45) is 2.02. The van der Waals surface area contributed by atoms with Gasteiger partial charge in [-0.3, -0.25) is 4.79 Å². The van der Waals surface area contributed by atoms with Crippen LogP contribution in [0.25, 0.3) is 10.2 Å². The van der Waals surface area contributed by atoms with Gasteiger partial charge in [0.2, 0.25) is 0 Å². The minimum Gasteiger partial charge on any atom is -0.351 e. The SMILES string of the molecule is CSCCNC(=O)c1ccc2scnc2c1. The number of amides is 1. The van der Waals surface area contributed by atoms with E-state index in [0.717, 1.165) is 16.0 Å². The van der Waals surface area contributed by atoms with Crippen molar-refractivity contribution >= 4 is 39.2 Å². The lowest BCUT2D eigenvalue weighted by Gasteiger charge is -2.03. The van der Waals surface area contributed by atoms with E-state index in [1.54, 1.807) is 28.6 Å². The van der Waals surface area contributed by atoms with Crippen LogP contribution in [0.1, 0.15) is 10.4 Å². The van der Waals surface area contributed by atoms with Crippen molar-refractivity contribution in [2.24, 2.45) is 0 Å². The van der Waals surface area contributed by atoms with Crippen molar-refractivity contribution in [2.45, 2.75) is 0 Å². The lowest BCUT2D eigenvalue weighted by molar-refractivity contribution is 0.0956. The van der Waals surface area contributed by atoms with Gasteiger partial charge in [-0.25, -0.2) is 4.98 Å². The average molecular weight is 252 g/mol. The lowest BCUT2D eigenvalue weighted by Crippen LogP contribution is -2.25. The molecule has 84 valence electrons. The molecule has 1 N–H and O–H groups in total. The van der Waals surface area contributed by atoms with Crippen molar-refractivity contribution in [3.63, 3.8) is 0 Å². The van der Waals surface area contributed by atoms with Gasteiger partial charge in [0.1, 0.15) is 0 Å². The number of aromatic nitrogens is 1. The summed E-state index contributed by atoms with van der Waals surface area (Å²) in [5.41, 5.74) is 3.36. The minimum atomic E-state index is -0.0241. The van der Waals surface area contributed by atoms with E-state index in [1.807, 2.05) is 24.5 Å². The van der Waals surface area contributed by atoms with Crippen LogP contribution in [-0.4, -0.2) is 29.4 Å². The molecule has 0 saturated heterocycles. The minimum absolute atomic E-state index is 0.0241. The van der Waals surface area contributed by atoms with E-state index >= 15 is 0 Å². The fraction of sp³-hybridized carbons (Fsp3) is 0.273. The second-order valence-electron chi connectivity index (χ2n) is 3.28. The first-order valence-electron chi connectivity index (χ1n) is 4.91. The Kier molecular flexibility index (Phi) is 3.79. The predicted octanol–water partition coefficient (Wildman–Crippen LogP) is 2.39.